The van der Waals surface area contributed by atoms with E-state index in [9.17, 15) is 0 Å². The Labute approximate surface area is 122 Å². The summed E-state index contributed by atoms with van der Waals surface area (Å²) in [5, 5.41) is 0. The summed E-state index contributed by atoms with van der Waals surface area (Å²) >= 11 is 0. The van der Waals surface area contributed by atoms with Crippen molar-refractivity contribution in [2.75, 3.05) is 13.2 Å². The van der Waals surface area contributed by atoms with Crippen LogP contribution in [0.3, 0.4) is 0 Å². The molecule has 1 aliphatic heterocycles. The van der Waals surface area contributed by atoms with E-state index >= 15 is 0 Å². The molecule has 2 nitrogen and oxygen atoms in total. The molecule has 1 saturated heterocycles. The Morgan fingerprint density at radius 1 is 1.10 bits per heavy atom. The molecule has 0 atom stereocenters. The minimum absolute atomic E-state index is 0.0164. The van der Waals surface area contributed by atoms with Crippen molar-refractivity contribution in [2.24, 2.45) is 5.41 Å². The molecule has 1 heterocycles. The Hall–Kier alpha value is -1.38. The summed E-state index contributed by atoms with van der Waals surface area (Å²) in [4.78, 5) is 0. The first-order valence-electron chi connectivity index (χ1n) is 7.16. The van der Waals surface area contributed by atoms with Crippen molar-refractivity contribution in [3.05, 3.63) is 54.6 Å². The van der Waals surface area contributed by atoms with Crippen molar-refractivity contribution in [1.82, 2.24) is 0 Å². The second-order valence-corrected chi connectivity index (χ2v) is 5.99. The van der Waals surface area contributed by atoms with Gasteiger partial charge in [-0.1, -0.05) is 48.6 Å². The molecule has 0 aliphatic carbocycles. The highest BCUT2D eigenvalue weighted by Gasteiger charge is 2.38. The summed E-state index contributed by atoms with van der Waals surface area (Å²) in [5.41, 5.74) is 1.24. The van der Waals surface area contributed by atoms with Crippen molar-refractivity contribution in [2.45, 2.75) is 32.5 Å². The first-order valence-corrected chi connectivity index (χ1v) is 7.16. The van der Waals surface area contributed by atoms with Crippen LogP contribution in [-0.2, 0) is 9.47 Å². The normalized spacial score (nSPS) is 20.9. The van der Waals surface area contributed by atoms with E-state index in [0.717, 1.165) is 12.8 Å². The summed E-state index contributed by atoms with van der Waals surface area (Å²) < 4.78 is 11.7. The van der Waals surface area contributed by atoms with Gasteiger partial charge in [-0.2, -0.15) is 0 Å². The average molecular weight is 272 g/mol. The predicted molar refractivity (Wildman–Crippen MR) is 83.3 cm³/mol. The maximum Gasteiger partial charge on any atom is 0.162 e. The van der Waals surface area contributed by atoms with Crippen LogP contribution in [0.25, 0.3) is 6.08 Å². The van der Waals surface area contributed by atoms with E-state index in [4.69, 9.17) is 9.47 Å². The molecule has 1 aliphatic rings. The van der Waals surface area contributed by atoms with Gasteiger partial charge in [0.1, 0.15) is 0 Å². The monoisotopic (exact) mass is 272 g/mol. The fraction of sp³-hybridized carbons (Fsp3) is 0.444. The smallest absolute Gasteiger partial charge is 0.162 e. The summed E-state index contributed by atoms with van der Waals surface area (Å²) in [6.07, 6.45) is 8.17. The largest absolute Gasteiger partial charge is 0.350 e. The highest BCUT2D eigenvalue weighted by atomic mass is 16.7. The molecule has 0 bridgehead atoms. The molecule has 20 heavy (non-hydrogen) atoms. The number of hydrogen-bond donors (Lipinski definition) is 0. The highest BCUT2D eigenvalue weighted by molar-refractivity contribution is 5.48. The van der Waals surface area contributed by atoms with Gasteiger partial charge in [0.15, 0.2) is 5.79 Å². The molecule has 1 aromatic rings. The second-order valence-electron chi connectivity index (χ2n) is 5.99. The van der Waals surface area contributed by atoms with Gasteiger partial charge in [0.2, 0.25) is 0 Å². The van der Waals surface area contributed by atoms with Gasteiger partial charge >= 0.3 is 0 Å². The third-order valence-corrected chi connectivity index (χ3v) is 3.69. The highest BCUT2D eigenvalue weighted by Crippen LogP contribution is 2.36. The molecular weight excluding hydrogens is 248 g/mol. The van der Waals surface area contributed by atoms with E-state index in [0.29, 0.717) is 13.2 Å². The topological polar surface area (TPSA) is 18.5 Å². The molecule has 2 rings (SSSR count). The van der Waals surface area contributed by atoms with Gasteiger partial charge < -0.3 is 9.47 Å². The lowest BCUT2D eigenvalue weighted by Gasteiger charge is -2.42. The van der Waals surface area contributed by atoms with Crippen LogP contribution in [0.1, 0.15) is 32.3 Å². The van der Waals surface area contributed by atoms with Gasteiger partial charge in [-0.3, -0.25) is 0 Å². The van der Waals surface area contributed by atoms with E-state index in [-0.39, 0.29) is 5.41 Å². The molecule has 0 spiro atoms. The lowest BCUT2D eigenvalue weighted by Crippen LogP contribution is -2.46. The predicted octanol–water partition coefficient (Wildman–Crippen LogP) is 4.44. The summed E-state index contributed by atoms with van der Waals surface area (Å²) in [6.45, 7) is 9.22. The van der Waals surface area contributed by atoms with Crippen molar-refractivity contribution in [1.29, 1.82) is 0 Å². The van der Waals surface area contributed by atoms with Gasteiger partial charge in [-0.05, 0) is 32.3 Å². The molecule has 0 unspecified atom stereocenters. The number of rotatable bonds is 5. The molecule has 0 saturated carbocycles. The first kappa shape index (κ1) is 15.0. The molecule has 0 aromatic heterocycles. The SMILES string of the molecule is C=CCC1(C/C=C/c2ccccc2)COC(C)(C)OC1. The minimum atomic E-state index is -0.464. The number of allylic oxidation sites excluding steroid dienone is 2. The molecular formula is C18H24O2. The van der Waals surface area contributed by atoms with Gasteiger partial charge in [-0.15, -0.1) is 6.58 Å². The van der Waals surface area contributed by atoms with E-state index in [1.54, 1.807) is 0 Å². The lowest BCUT2D eigenvalue weighted by molar-refractivity contribution is -0.284. The number of benzene rings is 1. The molecule has 0 amide bonds. The van der Waals surface area contributed by atoms with Gasteiger partial charge in [0.05, 0.1) is 13.2 Å². The zero-order valence-electron chi connectivity index (χ0n) is 12.5. The molecule has 1 fully saturated rings. The molecule has 0 N–H and O–H groups in total. The fourth-order valence-electron chi connectivity index (χ4n) is 2.37. The summed E-state index contributed by atoms with van der Waals surface area (Å²) in [6, 6.07) is 10.3. The average Bonchev–Trinajstić information content (AvgIpc) is 2.44. The molecule has 2 heteroatoms. The number of ether oxygens (including phenoxy) is 2. The van der Waals surface area contributed by atoms with Crippen LogP contribution >= 0.6 is 0 Å². The van der Waals surface area contributed by atoms with Crippen molar-refractivity contribution >= 4 is 6.08 Å². The Morgan fingerprint density at radius 2 is 1.75 bits per heavy atom. The maximum atomic E-state index is 5.83. The molecule has 108 valence electrons. The van der Waals surface area contributed by atoms with E-state index in [1.807, 2.05) is 26.0 Å². The zero-order valence-corrected chi connectivity index (χ0v) is 12.5. The van der Waals surface area contributed by atoms with Gasteiger partial charge in [0.25, 0.3) is 0 Å². The zero-order chi connectivity index (χ0) is 14.5. The van der Waals surface area contributed by atoms with E-state index in [2.05, 4.69) is 43.0 Å². The third-order valence-electron chi connectivity index (χ3n) is 3.69. The van der Waals surface area contributed by atoms with Crippen LogP contribution in [0, 0.1) is 5.41 Å². The van der Waals surface area contributed by atoms with Crippen LogP contribution < -0.4 is 0 Å². The van der Waals surface area contributed by atoms with Crippen LogP contribution in [0.4, 0.5) is 0 Å². The first-order chi connectivity index (χ1) is 9.55. The van der Waals surface area contributed by atoms with Crippen LogP contribution in [0.15, 0.2) is 49.1 Å². The Balaban J connectivity index is 1.99. The molecule has 1 aromatic carbocycles. The second kappa shape index (κ2) is 6.38. The fourth-order valence-corrected chi connectivity index (χ4v) is 2.37. The van der Waals surface area contributed by atoms with Crippen molar-refractivity contribution in [3.8, 4) is 0 Å². The summed E-state index contributed by atoms with van der Waals surface area (Å²) in [7, 11) is 0. The quantitative estimate of drug-likeness (QED) is 0.738. The Bertz CT molecular complexity index is 450. The maximum absolute atomic E-state index is 5.83. The lowest BCUT2D eigenvalue weighted by atomic mass is 9.81. The Kier molecular flexibility index (Phi) is 4.79. The van der Waals surface area contributed by atoms with Gasteiger partial charge in [-0.25, -0.2) is 0 Å². The van der Waals surface area contributed by atoms with Crippen LogP contribution in [-0.4, -0.2) is 19.0 Å². The number of hydrogen-bond acceptors (Lipinski definition) is 2. The van der Waals surface area contributed by atoms with E-state index in [1.165, 1.54) is 5.56 Å². The van der Waals surface area contributed by atoms with Crippen molar-refractivity contribution in [3.63, 3.8) is 0 Å². The molecule has 0 radical (unpaired) electrons. The Morgan fingerprint density at radius 3 is 2.35 bits per heavy atom. The third kappa shape index (κ3) is 4.06. The van der Waals surface area contributed by atoms with E-state index < -0.39 is 5.79 Å². The van der Waals surface area contributed by atoms with Crippen LogP contribution in [0.2, 0.25) is 0 Å². The standard InChI is InChI=1S/C18H24O2/c1-4-12-18(14-19-17(2,3)20-15-18)13-8-11-16-9-6-5-7-10-16/h4-11H,1,12-15H2,2-3H3/b11-8+. The van der Waals surface area contributed by atoms with Crippen LogP contribution in [0.5, 0.6) is 0 Å². The summed E-state index contributed by atoms with van der Waals surface area (Å²) in [5.74, 6) is -0.464. The minimum Gasteiger partial charge on any atom is -0.350 e. The van der Waals surface area contributed by atoms with Crippen molar-refractivity contribution < 1.29 is 9.47 Å². The van der Waals surface area contributed by atoms with Gasteiger partial charge in [0, 0.05) is 5.41 Å².